The molecule has 0 spiro atoms. The lowest BCUT2D eigenvalue weighted by Crippen LogP contribution is -2.43. The number of nitrogens with zero attached hydrogens (tertiary/aromatic N) is 2. The van der Waals surface area contributed by atoms with Crippen LogP contribution in [0.5, 0.6) is 0 Å². The van der Waals surface area contributed by atoms with E-state index in [1.807, 2.05) is 30.3 Å². The van der Waals surface area contributed by atoms with E-state index in [1.165, 1.54) is 27.1 Å². The summed E-state index contributed by atoms with van der Waals surface area (Å²) in [7, 11) is 0. The van der Waals surface area contributed by atoms with Crippen molar-refractivity contribution in [3.63, 3.8) is 0 Å². The molecule has 1 aliphatic rings. The van der Waals surface area contributed by atoms with Crippen molar-refractivity contribution in [3.05, 3.63) is 99.8 Å². The summed E-state index contributed by atoms with van der Waals surface area (Å²) in [6, 6.07) is 23.4. The number of benzene rings is 3. The normalized spacial score (nSPS) is 14.1. The van der Waals surface area contributed by atoms with Gasteiger partial charge in [0.25, 0.3) is 0 Å². The standard InChI is InChI=1S/C29H27ClFN3S2/c1-19-6-8-21(9-7-19)27-26(20-10-12-24(30)13-11-20)33-28(36-27)22-14-16-34(17-15-22)29(35)32-18-23-4-2-3-5-25(23)31/h2-13,22H,14-18H2,1H3,(H,32,35). The minimum Gasteiger partial charge on any atom is -0.358 e. The number of likely N-dealkylation sites (tertiary alicyclic amines) is 1. The van der Waals surface area contributed by atoms with Gasteiger partial charge in [0, 0.05) is 41.7 Å². The van der Waals surface area contributed by atoms with Crippen molar-refractivity contribution < 1.29 is 4.39 Å². The molecule has 1 aliphatic heterocycles. The molecular formula is C29H27ClFN3S2. The van der Waals surface area contributed by atoms with Crippen LogP contribution in [-0.2, 0) is 6.54 Å². The first kappa shape index (κ1) is 24.9. The topological polar surface area (TPSA) is 28.2 Å². The van der Waals surface area contributed by atoms with Gasteiger partial charge in [0.1, 0.15) is 5.82 Å². The molecule has 5 rings (SSSR count). The first-order chi connectivity index (χ1) is 17.5. The zero-order valence-electron chi connectivity index (χ0n) is 20.0. The first-order valence-electron chi connectivity index (χ1n) is 12.1. The highest BCUT2D eigenvalue weighted by Gasteiger charge is 2.26. The van der Waals surface area contributed by atoms with Crippen LogP contribution in [0.1, 0.15) is 34.9 Å². The Balaban J connectivity index is 1.30. The minimum atomic E-state index is -0.212. The van der Waals surface area contributed by atoms with Gasteiger partial charge in [-0.25, -0.2) is 9.37 Å². The number of piperidine rings is 1. The Bertz CT molecular complexity index is 1280. The molecular weight excluding hydrogens is 509 g/mol. The van der Waals surface area contributed by atoms with E-state index in [0.717, 1.165) is 42.2 Å². The second kappa shape index (κ2) is 11.1. The van der Waals surface area contributed by atoms with Gasteiger partial charge >= 0.3 is 0 Å². The number of aromatic nitrogens is 1. The van der Waals surface area contributed by atoms with Crippen molar-refractivity contribution in [2.24, 2.45) is 0 Å². The van der Waals surface area contributed by atoms with Crippen LogP contribution in [0.4, 0.5) is 4.39 Å². The third kappa shape index (κ3) is 5.61. The molecule has 0 bridgehead atoms. The molecule has 1 aromatic heterocycles. The fourth-order valence-corrected chi connectivity index (χ4v) is 6.11. The summed E-state index contributed by atoms with van der Waals surface area (Å²) < 4.78 is 13.9. The number of rotatable bonds is 5. The van der Waals surface area contributed by atoms with Crippen molar-refractivity contribution in [3.8, 4) is 21.7 Å². The third-order valence-corrected chi connectivity index (χ3v) is 8.52. The lowest BCUT2D eigenvalue weighted by atomic mass is 9.97. The summed E-state index contributed by atoms with van der Waals surface area (Å²) >= 11 is 13.6. The average Bonchev–Trinajstić information content (AvgIpc) is 3.34. The Morgan fingerprint density at radius 3 is 2.39 bits per heavy atom. The summed E-state index contributed by atoms with van der Waals surface area (Å²) in [4.78, 5) is 8.53. The molecule has 3 aromatic carbocycles. The molecule has 36 heavy (non-hydrogen) atoms. The van der Waals surface area contributed by atoms with Crippen molar-refractivity contribution in [2.45, 2.75) is 32.2 Å². The van der Waals surface area contributed by atoms with Gasteiger partial charge in [-0.1, -0.05) is 71.8 Å². The summed E-state index contributed by atoms with van der Waals surface area (Å²) in [5, 5.41) is 5.79. The number of thiazole rings is 1. The van der Waals surface area contributed by atoms with Crippen molar-refractivity contribution in [1.82, 2.24) is 15.2 Å². The maximum absolute atomic E-state index is 13.9. The summed E-state index contributed by atoms with van der Waals surface area (Å²) in [6.45, 7) is 4.20. The van der Waals surface area contributed by atoms with Crippen LogP contribution in [0.25, 0.3) is 21.7 Å². The Morgan fingerprint density at radius 1 is 1.03 bits per heavy atom. The Morgan fingerprint density at radius 2 is 1.69 bits per heavy atom. The van der Waals surface area contributed by atoms with Gasteiger partial charge in [0.05, 0.1) is 15.6 Å². The van der Waals surface area contributed by atoms with E-state index in [1.54, 1.807) is 23.5 Å². The van der Waals surface area contributed by atoms with E-state index in [4.69, 9.17) is 28.8 Å². The third-order valence-electron chi connectivity index (χ3n) is 6.59. The number of aryl methyl sites for hydroxylation is 1. The molecule has 1 saturated heterocycles. The lowest BCUT2D eigenvalue weighted by molar-refractivity contribution is 0.309. The van der Waals surface area contributed by atoms with Crippen LogP contribution in [0.2, 0.25) is 5.02 Å². The largest absolute Gasteiger partial charge is 0.358 e. The highest BCUT2D eigenvalue weighted by Crippen LogP contribution is 2.41. The fourth-order valence-electron chi connectivity index (χ4n) is 4.47. The van der Waals surface area contributed by atoms with Crippen molar-refractivity contribution in [1.29, 1.82) is 0 Å². The van der Waals surface area contributed by atoms with E-state index in [9.17, 15) is 4.39 Å². The van der Waals surface area contributed by atoms with Gasteiger partial charge in [0.15, 0.2) is 5.11 Å². The molecule has 7 heteroatoms. The van der Waals surface area contributed by atoms with Gasteiger partial charge in [0.2, 0.25) is 0 Å². The van der Waals surface area contributed by atoms with Gasteiger partial charge in [-0.15, -0.1) is 11.3 Å². The zero-order valence-corrected chi connectivity index (χ0v) is 22.4. The van der Waals surface area contributed by atoms with E-state index >= 15 is 0 Å². The summed E-state index contributed by atoms with van der Waals surface area (Å²) in [6.07, 6.45) is 1.95. The van der Waals surface area contributed by atoms with E-state index in [0.29, 0.717) is 23.1 Å². The molecule has 2 heterocycles. The minimum absolute atomic E-state index is 0.212. The quantitative estimate of drug-likeness (QED) is 0.263. The van der Waals surface area contributed by atoms with Gasteiger partial charge in [-0.3, -0.25) is 0 Å². The van der Waals surface area contributed by atoms with Gasteiger partial charge in [-0.05, 0) is 55.7 Å². The molecule has 0 radical (unpaired) electrons. The predicted octanol–water partition coefficient (Wildman–Crippen LogP) is 7.83. The van der Waals surface area contributed by atoms with Crippen LogP contribution in [0, 0.1) is 12.7 Å². The molecule has 0 saturated carbocycles. The maximum Gasteiger partial charge on any atom is 0.169 e. The molecule has 1 N–H and O–H groups in total. The SMILES string of the molecule is Cc1ccc(-c2sc(C3CCN(C(=S)NCc4ccccc4F)CC3)nc2-c2ccc(Cl)cc2)cc1. The Kier molecular flexibility index (Phi) is 7.65. The molecule has 1 fully saturated rings. The number of thiocarbonyl (C=S) groups is 1. The monoisotopic (exact) mass is 535 g/mol. The molecule has 4 aromatic rings. The van der Waals surface area contributed by atoms with E-state index in [-0.39, 0.29) is 5.82 Å². The molecule has 0 aliphatic carbocycles. The predicted molar refractivity (Wildman–Crippen MR) is 152 cm³/mol. The molecule has 0 atom stereocenters. The van der Waals surface area contributed by atoms with Crippen LogP contribution in [-0.4, -0.2) is 28.1 Å². The highest BCUT2D eigenvalue weighted by molar-refractivity contribution is 7.80. The number of hydrogen-bond donors (Lipinski definition) is 1. The summed E-state index contributed by atoms with van der Waals surface area (Å²) in [5.41, 5.74) is 5.14. The smallest absolute Gasteiger partial charge is 0.169 e. The van der Waals surface area contributed by atoms with Gasteiger partial charge in [-0.2, -0.15) is 0 Å². The van der Waals surface area contributed by atoms with Crippen molar-refractivity contribution in [2.75, 3.05) is 13.1 Å². The number of nitrogens with one attached hydrogen (secondary N) is 1. The van der Waals surface area contributed by atoms with E-state index < -0.39 is 0 Å². The van der Waals surface area contributed by atoms with Gasteiger partial charge < -0.3 is 10.2 Å². The summed E-state index contributed by atoms with van der Waals surface area (Å²) in [5.74, 6) is 0.169. The zero-order chi connectivity index (χ0) is 25.1. The van der Waals surface area contributed by atoms with Crippen LogP contribution in [0.3, 0.4) is 0 Å². The van der Waals surface area contributed by atoms with Crippen LogP contribution in [0.15, 0.2) is 72.8 Å². The number of halogens is 2. The average molecular weight is 536 g/mol. The highest BCUT2D eigenvalue weighted by atomic mass is 35.5. The second-order valence-corrected chi connectivity index (χ2v) is 11.0. The molecule has 184 valence electrons. The Hall–Kier alpha value is -2.80. The Labute approximate surface area is 226 Å². The van der Waals surface area contributed by atoms with Crippen LogP contribution < -0.4 is 5.32 Å². The molecule has 3 nitrogen and oxygen atoms in total. The maximum atomic E-state index is 13.9. The molecule has 0 amide bonds. The van der Waals surface area contributed by atoms with Crippen molar-refractivity contribution >= 4 is 40.3 Å². The molecule has 0 unspecified atom stereocenters. The second-order valence-electron chi connectivity index (χ2n) is 9.11. The lowest BCUT2D eigenvalue weighted by Gasteiger charge is -2.33. The first-order valence-corrected chi connectivity index (χ1v) is 13.7. The fraction of sp³-hybridized carbons (Fsp3) is 0.241. The number of hydrogen-bond acceptors (Lipinski definition) is 3. The van der Waals surface area contributed by atoms with Crippen LogP contribution >= 0.6 is 35.2 Å². The van der Waals surface area contributed by atoms with E-state index in [2.05, 4.69) is 41.4 Å².